The average molecular weight is 523 g/mol. The number of alkyl halides is 3. The molecule has 1 unspecified atom stereocenters. The molecule has 1 heterocycles. The van der Waals surface area contributed by atoms with Crippen LogP contribution in [0.5, 0.6) is 5.75 Å². The fourth-order valence-electron chi connectivity index (χ4n) is 3.80. The van der Waals surface area contributed by atoms with Crippen LogP contribution in [0.25, 0.3) is 11.1 Å². The highest BCUT2D eigenvalue weighted by atomic mass is 19.4. The maximum atomic E-state index is 13.5. The quantitative estimate of drug-likeness (QED) is 0.158. The minimum absolute atomic E-state index is 0.0179. The van der Waals surface area contributed by atoms with Gasteiger partial charge in [0.05, 0.1) is 13.0 Å². The summed E-state index contributed by atoms with van der Waals surface area (Å²) in [6, 6.07) is 6.82. The number of ketones is 1. The number of rotatable bonds is 17. The first-order chi connectivity index (χ1) is 17.8. The van der Waals surface area contributed by atoms with Gasteiger partial charge in [0.2, 0.25) is 6.10 Å². The van der Waals surface area contributed by atoms with Gasteiger partial charge in [-0.1, -0.05) is 70.9 Å². The van der Waals surface area contributed by atoms with Crippen LogP contribution in [-0.4, -0.2) is 40.6 Å². The van der Waals surface area contributed by atoms with Gasteiger partial charge in [-0.3, -0.25) is 4.79 Å². The Morgan fingerprint density at radius 1 is 0.919 bits per heavy atom. The number of ether oxygens (including phenoxy) is 2. The van der Waals surface area contributed by atoms with E-state index in [1.807, 2.05) is 6.92 Å². The lowest BCUT2D eigenvalue weighted by Crippen LogP contribution is -2.36. The van der Waals surface area contributed by atoms with Gasteiger partial charge in [0.25, 0.3) is 0 Å². The van der Waals surface area contributed by atoms with Crippen LogP contribution < -0.4 is 4.74 Å². The molecule has 9 heteroatoms. The SMILES string of the molecule is CCCCCCCCOc1ccc(-c2cncnc2C(=O)OC(CC(=O)CCCCC)C(F)(F)F)cc1. The number of benzene rings is 1. The molecule has 0 aliphatic heterocycles. The maximum absolute atomic E-state index is 13.5. The molecule has 1 aromatic heterocycles. The molecule has 0 saturated heterocycles. The van der Waals surface area contributed by atoms with Crippen LogP contribution in [0, 0.1) is 0 Å². The smallest absolute Gasteiger partial charge is 0.425 e. The molecule has 0 aliphatic rings. The average Bonchev–Trinajstić information content (AvgIpc) is 2.88. The standard InChI is InChI=1S/C28H37F3N2O4/c1-3-5-7-8-9-11-17-36-23-15-13-21(14-16-23)24-19-32-20-33-26(24)27(35)37-25(28(29,30)31)18-22(34)12-10-6-4-2/h13-16,19-20,25H,3-12,17-18H2,1-2H3. The summed E-state index contributed by atoms with van der Waals surface area (Å²) >= 11 is 0. The Morgan fingerprint density at radius 2 is 1.57 bits per heavy atom. The van der Waals surface area contributed by atoms with E-state index in [9.17, 15) is 22.8 Å². The molecule has 0 aliphatic carbocycles. The minimum atomic E-state index is -4.88. The second-order valence-corrected chi connectivity index (χ2v) is 9.06. The second-order valence-electron chi connectivity index (χ2n) is 9.06. The van der Waals surface area contributed by atoms with Crippen LogP contribution in [0.3, 0.4) is 0 Å². The molecule has 0 radical (unpaired) electrons. The van der Waals surface area contributed by atoms with Gasteiger partial charge in [-0.2, -0.15) is 13.2 Å². The zero-order valence-corrected chi connectivity index (χ0v) is 21.7. The Balaban J connectivity index is 2.03. The van der Waals surface area contributed by atoms with Gasteiger partial charge in [0.1, 0.15) is 17.9 Å². The molecule has 0 N–H and O–H groups in total. The van der Waals surface area contributed by atoms with E-state index >= 15 is 0 Å². The highest BCUT2D eigenvalue weighted by Crippen LogP contribution is 2.29. The number of hydrogen-bond donors (Lipinski definition) is 0. The second kappa shape index (κ2) is 16.0. The summed E-state index contributed by atoms with van der Waals surface area (Å²) < 4.78 is 51.2. The van der Waals surface area contributed by atoms with Crippen molar-refractivity contribution in [3.05, 3.63) is 42.5 Å². The molecule has 0 amide bonds. The highest BCUT2D eigenvalue weighted by molar-refractivity contribution is 5.95. The number of carbonyl (C=O) groups excluding carboxylic acids is 2. The summed E-state index contributed by atoms with van der Waals surface area (Å²) in [5.74, 6) is -1.20. The molecular weight excluding hydrogens is 485 g/mol. The van der Waals surface area contributed by atoms with Gasteiger partial charge in [-0.05, 0) is 30.5 Å². The van der Waals surface area contributed by atoms with Crippen molar-refractivity contribution in [2.24, 2.45) is 0 Å². The summed E-state index contributed by atoms with van der Waals surface area (Å²) in [5.41, 5.74) is 0.451. The fraction of sp³-hybridized carbons (Fsp3) is 0.571. The third-order valence-corrected chi connectivity index (χ3v) is 5.92. The van der Waals surface area contributed by atoms with Crippen molar-refractivity contribution in [1.29, 1.82) is 0 Å². The largest absolute Gasteiger partial charge is 0.494 e. The van der Waals surface area contributed by atoms with E-state index in [4.69, 9.17) is 9.47 Å². The summed E-state index contributed by atoms with van der Waals surface area (Å²) in [7, 11) is 0. The van der Waals surface area contributed by atoms with Crippen molar-refractivity contribution in [3.8, 4) is 16.9 Å². The number of carbonyl (C=O) groups is 2. The van der Waals surface area contributed by atoms with Gasteiger partial charge < -0.3 is 9.47 Å². The van der Waals surface area contributed by atoms with Crippen molar-refractivity contribution < 1.29 is 32.2 Å². The number of hydrogen-bond acceptors (Lipinski definition) is 6. The van der Waals surface area contributed by atoms with Gasteiger partial charge in [0, 0.05) is 18.2 Å². The molecule has 0 spiro atoms. The van der Waals surface area contributed by atoms with Gasteiger partial charge >= 0.3 is 12.1 Å². The molecule has 6 nitrogen and oxygen atoms in total. The molecule has 2 rings (SSSR count). The third-order valence-electron chi connectivity index (χ3n) is 5.92. The van der Waals surface area contributed by atoms with Crippen LogP contribution in [0.4, 0.5) is 13.2 Å². The van der Waals surface area contributed by atoms with Crippen molar-refractivity contribution in [2.45, 2.75) is 96.8 Å². The number of unbranched alkanes of at least 4 members (excludes halogenated alkanes) is 7. The monoisotopic (exact) mass is 522 g/mol. The summed E-state index contributed by atoms with van der Waals surface area (Å²) in [4.78, 5) is 32.5. The van der Waals surface area contributed by atoms with Crippen LogP contribution in [0.1, 0.15) is 95.0 Å². The van der Waals surface area contributed by atoms with E-state index in [0.29, 0.717) is 24.3 Å². The van der Waals surface area contributed by atoms with Crippen LogP contribution in [0.2, 0.25) is 0 Å². The first-order valence-electron chi connectivity index (χ1n) is 13.1. The van der Waals surface area contributed by atoms with Gasteiger partial charge in [-0.25, -0.2) is 14.8 Å². The van der Waals surface area contributed by atoms with Crippen molar-refractivity contribution in [1.82, 2.24) is 9.97 Å². The topological polar surface area (TPSA) is 78.4 Å². The zero-order chi connectivity index (χ0) is 27.1. The molecule has 0 fully saturated rings. The number of esters is 1. The summed E-state index contributed by atoms with van der Waals surface area (Å²) in [6.45, 7) is 4.70. The molecule has 1 aromatic carbocycles. The molecule has 2 aromatic rings. The lowest BCUT2D eigenvalue weighted by Gasteiger charge is -2.20. The molecule has 204 valence electrons. The Morgan fingerprint density at radius 3 is 2.24 bits per heavy atom. The summed E-state index contributed by atoms with van der Waals surface area (Å²) in [6.07, 6.45) is 3.12. The predicted octanol–water partition coefficient (Wildman–Crippen LogP) is 7.51. The molecule has 0 saturated carbocycles. The van der Waals surface area contributed by atoms with Gasteiger partial charge in [0.15, 0.2) is 5.69 Å². The minimum Gasteiger partial charge on any atom is -0.494 e. The Kier molecular flexibility index (Phi) is 13.1. The first-order valence-corrected chi connectivity index (χ1v) is 13.1. The lowest BCUT2D eigenvalue weighted by molar-refractivity contribution is -0.206. The first kappa shape index (κ1) is 30.3. The third kappa shape index (κ3) is 10.9. The van der Waals surface area contributed by atoms with Crippen LogP contribution >= 0.6 is 0 Å². The van der Waals surface area contributed by atoms with Crippen molar-refractivity contribution in [2.75, 3.05) is 6.61 Å². The predicted molar refractivity (Wildman–Crippen MR) is 135 cm³/mol. The zero-order valence-electron chi connectivity index (χ0n) is 21.7. The van der Waals surface area contributed by atoms with E-state index in [0.717, 1.165) is 32.0 Å². The van der Waals surface area contributed by atoms with Crippen molar-refractivity contribution in [3.63, 3.8) is 0 Å². The van der Waals surface area contributed by atoms with E-state index in [1.54, 1.807) is 24.3 Å². The lowest BCUT2D eigenvalue weighted by atomic mass is 10.0. The Bertz CT molecular complexity index is 965. The van der Waals surface area contributed by atoms with E-state index in [-0.39, 0.29) is 17.7 Å². The van der Waals surface area contributed by atoms with E-state index in [2.05, 4.69) is 16.9 Å². The Hall–Kier alpha value is -2.97. The highest BCUT2D eigenvalue weighted by Gasteiger charge is 2.44. The number of halogens is 3. The fourth-order valence-corrected chi connectivity index (χ4v) is 3.80. The maximum Gasteiger partial charge on any atom is 0.425 e. The van der Waals surface area contributed by atoms with E-state index < -0.39 is 30.5 Å². The number of Topliss-reactive ketones (excluding diaryl/α,β-unsaturated/α-hetero) is 1. The molecule has 1 atom stereocenters. The molecule has 0 bridgehead atoms. The van der Waals surface area contributed by atoms with E-state index in [1.165, 1.54) is 31.9 Å². The summed E-state index contributed by atoms with van der Waals surface area (Å²) in [5, 5.41) is 0. The number of nitrogens with zero attached hydrogens (tertiary/aromatic N) is 2. The Labute approximate surface area is 217 Å². The molecular formula is C28H37F3N2O4. The van der Waals surface area contributed by atoms with Crippen LogP contribution in [0.15, 0.2) is 36.8 Å². The molecule has 37 heavy (non-hydrogen) atoms. The van der Waals surface area contributed by atoms with Crippen LogP contribution in [-0.2, 0) is 9.53 Å². The normalized spacial score (nSPS) is 12.2. The van der Waals surface area contributed by atoms with Gasteiger partial charge in [-0.15, -0.1) is 0 Å². The van der Waals surface area contributed by atoms with Crippen molar-refractivity contribution >= 4 is 11.8 Å². The number of aromatic nitrogens is 2.